The van der Waals surface area contributed by atoms with Gasteiger partial charge in [0.25, 0.3) is 0 Å². The maximum absolute atomic E-state index is 10.6. The lowest BCUT2D eigenvalue weighted by molar-refractivity contribution is -0.155. The van der Waals surface area contributed by atoms with Gasteiger partial charge in [0, 0.05) is 33.0 Å². The van der Waals surface area contributed by atoms with E-state index in [1.54, 1.807) is 7.11 Å². The molecule has 1 saturated heterocycles. The maximum atomic E-state index is 10.6. The van der Waals surface area contributed by atoms with Crippen molar-refractivity contribution >= 4 is 5.97 Å². The molecule has 0 aromatic heterocycles. The SMILES string of the molecule is COC1C[C@H](CO)[C@@H](COC(C)=O)O1. The monoisotopic (exact) mass is 204 g/mol. The van der Waals surface area contributed by atoms with Crippen molar-refractivity contribution in [3.8, 4) is 0 Å². The van der Waals surface area contributed by atoms with Crippen LogP contribution in [-0.2, 0) is 19.0 Å². The molecule has 3 atom stereocenters. The van der Waals surface area contributed by atoms with E-state index in [2.05, 4.69) is 0 Å². The molecular weight excluding hydrogens is 188 g/mol. The van der Waals surface area contributed by atoms with E-state index in [0.29, 0.717) is 6.42 Å². The third-order valence-electron chi connectivity index (χ3n) is 2.30. The van der Waals surface area contributed by atoms with Crippen LogP contribution in [0.4, 0.5) is 0 Å². The summed E-state index contributed by atoms with van der Waals surface area (Å²) in [6.45, 7) is 1.54. The Morgan fingerprint density at radius 1 is 1.64 bits per heavy atom. The first kappa shape index (κ1) is 11.4. The largest absolute Gasteiger partial charge is 0.463 e. The van der Waals surface area contributed by atoms with Crippen LogP contribution in [0.2, 0.25) is 0 Å². The molecule has 0 aliphatic carbocycles. The molecule has 1 fully saturated rings. The molecule has 1 N–H and O–H groups in total. The van der Waals surface area contributed by atoms with E-state index >= 15 is 0 Å². The minimum atomic E-state index is -0.342. The third-order valence-corrected chi connectivity index (χ3v) is 2.30. The zero-order chi connectivity index (χ0) is 10.6. The first-order valence-electron chi connectivity index (χ1n) is 4.59. The van der Waals surface area contributed by atoms with E-state index in [4.69, 9.17) is 19.3 Å². The predicted octanol–water partition coefficient (Wildman–Crippen LogP) is -0.0806. The van der Waals surface area contributed by atoms with Gasteiger partial charge in [-0.1, -0.05) is 0 Å². The summed E-state index contributed by atoms with van der Waals surface area (Å²) in [5.74, 6) is -0.356. The molecule has 0 bridgehead atoms. The lowest BCUT2D eigenvalue weighted by atomic mass is 10.0. The highest BCUT2D eigenvalue weighted by Crippen LogP contribution is 2.26. The molecule has 1 rings (SSSR count). The van der Waals surface area contributed by atoms with Crippen molar-refractivity contribution in [2.45, 2.75) is 25.7 Å². The minimum absolute atomic E-state index is 0.0145. The Hall–Kier alpha value is -0.650. The van der Waals surface area contributed by atoms with Gasteiger partial charge in [0.1, 0.15) is 6.61 Å². The summed E-state index contributed by atoms with van der Waals surface area (Å²) in [6, 6.07) is 0. The van der Waals surface area contributed by atoms with Crippen LogP contribution in [0.15, 0.2) is 0 Å². The van der Waals surface area contributed by atoms with Gasteiger partial charge in [-0.2, -0.15) is 0 Å². The van der Waals surface area contributed by atoms with Gasteiger partial charge in [-0.3, -0.25) is 4.79 Å². The number of rotatable bonds is 4. The maximum Gasteiger partial charge on any atom is 0.302 e. The molecule has 5 nitrogen and oxygen atoms in total. The molecule has 82 valence electrons. The second-order valence-corrected chi connectivity index (χ2v) is 3.32. The quantitative estimate of drug-likeness (QED) is 0.649. The van der Waals surface area contributed by atoms with Gasteiger partial charge in [-0.05, 0) is 0 Å². The van der Waals surface area contributed by atoms with E-state index in [1.165, 1.54) is 6.92 Å². The molecule has 0 amide bonds. The number of hydrogen-bond donors (Lipinski definition) is 1. The number of ether oxygens (including phenoxy) is 3. The molecule has 14 heavy (non-hydrogen) atoms. The van der Waals surface area contributed by atoms with Gasteiger partial charge in [0.05, 0.1) is 6.10 Å². The molecule has 0 radical (unpaired) electrons. The topological polar surface area (TPSA) is 65.0 Å². The van der Waals surface area contributed by atoms with Crippen molar-refractivity contribution in [1.29, 1.82) is 0 Å². The minimum Gasteiger partial charge on any atom is -0.463 e. The summed E-state index contributed by atoms with van der Waals surface area (Å²) in [5.41, 5.74) is 0. The van der Waals surface area contributed by atoms with Crippen LogP contribution in [0, 0.1) is 5.92 Å². The Morgan fingerprint density at radius 3 is 2.86 bits per heavy atom. The smallest absolute Gasteiger partial charge is 0.302 e. The summed E-state index contributed by atoms with van der Waals surface area (Å²) in [6.07, 6.45) is 0.0837. The Kier molecular flexibility index (Phi) is 4.31. The van der Waals surface area contributed by atoms with Gasteiger partial charge in [0.15, 0.2) is 6.29 Å². The van der Waals surface area contributed by atoms with Crippen molar-refractivity contribution in [1.82, 2.24) is 0 Å². The Labute approximate surface area is 82.9 Å². The van der Waals surface area contributed by atoms with E-state index in [0.717, 1.165) is 0 Å². The van der Waals surface area contributed by atoms with Crippen molar-refractivity contribution in [2.75, 3.05) is 20.3 Å². The summed E-state index contributed by atoms with van der Waals surface area (Å²) in [7, 11) is 1.55. The number of carbonyl (C=O) groups excluding carboxylic acids is 1. The number of methoxy groups -OCH3 is 1. The first-order chi connectivity index (χ1) is 6.67. The van der Waals surface area contributed by atoms with Crippen LogP contribution in [0.1, 0.15) is 13.3 Å². The van der Waals surface area contributed by atoms with Crippen molar-refractivity contribution in [3.63, 3.8) is 0 Å². The molecule has 0 saturated carbocycles. The highest BCUT2D eigenvalue weighted by atomic mass is 16.7. The van der Waals surface area contributed by atoms with Crippen LogP contribution in [-0.4, -0.2) is 43.8 Å². The van der Waals surface area contributed by atoms with Gasteiger partial charge >= 0.3 is 5.97 Å². The molecule has 1 heterocycles. The molecule has 1 unspecified atom stereocenters. The van der Waals surface area contributed by atoms with E-state index < -0.39 is 0 Å². The van der Waals surface area contributed by atoms with Crippen molar-refractivity contribution in [2.24, 2.45) is 5.92 Å². The van der Waals surface area contributed by atoms with Gasteiger partial charge in [-0.25, -0.2) is 0 Å². The van der Waals surface area contributed by atoms with Crippen molar-refractivity contribution in [3.05, 3.63) is 0 Å². The summed E-state index contributed by atoms with van der Waals surface area (Å²) >= 11 is 0. The summed E-state index contributed by atoms with van der Waals surface area (Å²) in [5, 5.41) is 9.04. The fourth-order valence-corrected chi connectivity index (χ4v) is 1.48. The number of esters is 1. The fourth-order valence-electron chi connectivity index (χ4n) is 1.48. The highest BCUT2D eigenvalue weighted by molar-refractivity contribution is 5.65. The van der Waals surface area contributed by atoms with E-state index in [1.807, 2.05) is 0 Å². The van der Waals surface area contributed by atoms with Crippen LogP contribution < -0.4 is 0 Å². The lowest BCUT2D eigenvalue weighted by Crippen LogP contribution is -2.26. The highest BCUT2D eigenvalue weighted by Gasteiger charge is 2.35. The zero-order valence-electron chi connectivity index (χ0n) is 8.43. The number of aliphatic hydroxyl groups is 1. The number of carbonyl (C=O) groups is 1. The second-order valence-electron chi connectivity index (χ2n) is 3.32. The molecular formula is C9H16O5. The van der Waals surface area contributed by atoms with E-state index in [9.17, 15) is 4.79 Å². The molecule has 0 spiro atoms. The van der Waals surface area contributed by atoms with Crippen LogP contribution in [0.5, 0.6) is 0 Å². The third kappa shape index (κ3) is 2.94. The summed E-state index contributed by atoms with van der Waals surface area (Å²) in [4.78, 5) is 10.6. The Morgan fingerprint density at radius 2 is 2.36 bits per heavy atom. The average molecular weight is 204 g/mol. The Balaban J connectivity index is 2.38. The molecule has 1 aliphatic heterocycles. The lowest BCUT2D eigenvalue weighted by Gasteiger charge is -2.15. The average Bonchev–Trinajstić information content (AvgIpc) is 2.57. The predicted molar refractivity (Wildman–Crippen MR) is 47.5 cm³/mol. The molecule has 1 aliphatic rings. The molecule has 0 aromatic carbocycles. The zero-order valence-corrected chi connectivity index (χ0v) is 8.43. The summed E-state index contributed by atoms with van der Waals surface area (Å²) < 4.78 is 15.2. The number of hydrogen-bond acceptors (Lipinski definition) is 5. The first-order valence-corrected chi connectivity index (χ1v) is 4.59. The van der Waals surface area contributed by atoms with Crippen LogP contribution >= 0.6 is 0 Å². The van der Waals surface area contributed by atoms with Gasteiger partial charge < -0.3 is 19.3 Å². The number of aliphatic hydroxyl groups excluding tert-OH is 1. The van der Waals surface area contributed by atoms with E-state index in [-0.39, 0.29) is 37.5 Å². The Bertz CT molecular complexity index is 194. The second kappa shape index (κ2) is 5.29. The van der Waals surface area contributed by atoms with Gasteiger partial charge in [0.2, 0.25) is 0 Å². The standard InChI is InChI=1S/C9H16O5/c1-6(11)13-5-8-7(4-10)3-9(12-2)14-8/h7-10H,3-5H2,1-2H3/t7-,8-,9?/m1/s1. The fraction of sp³-hybridized carbons (Fsp3) is 0.889. The normalized spacial score (nSPS) is 31.8. The van der Waals surface area contributed by atoms with Crippen LogP contribution in [0.25, 0.3) is 0 Å². The molecule has 0 aromatic rings. The molecule has 5 heteroatoms. The van der Waals surface area contributed by atoms with Crippen LogP contribution in [0.3, 0.4) is 0 Å². The van der Waals surface area contributed by atoms with Crippen molar-refractivity contribution < 1.29 is 24.1 Å². The van der Waals surface area contributed by atoms with Gasteiger partial charge in [-0.15, -0.1) is 0 Å².